The molecule has 0 aliphatic carbocycles. The Balaban J connectivity index is 0.000000156. The fourth-order valence-corrected chi connectivity index (χ4v) is 3.39. The Hall–Kier alpha value is -3.12. The van der Waals surface area contributed by atoms with Crippen LogP contribution in [0.3, 0.4) is 0 Å². The zero-order valence-corrected chi connectivity index (χ0v) is 16.3. The molecule has 134 valence electrons. The zero-order chi connectivity index (χ0) is 19.1. The second-order valence-electron chi connectivity index (χ2n) is 6.81. The highest BCUT2D eigenvalue weighted by molar-refractivity contribution is 5.70. The van der Waals surface area contributed by atoms with Gasteiger partial charge in [-0.3, -0.25) is 0 Å². The second-order valence-corrected chi connectivity index (χ2v) is 6.81. The van der Waals surface area contributed by atoms with Gasteiger partial charge in [-0.15, -0.1) is 0 Å². The van der Waals surface area contributed by atoms with Crippen LogP contribution in [0.25, 0.3) is 22.3 Å². The summed E-state index contributed by atoms with van der Waals surface area (Å²) >= 11 is 0. The first-order valence-electron chi connectivity index (χ1n) is 9.39. The molecule has 0 radical (unpaired) electrons. The summed E-state index contributed by atoms with van der Waals surface area (Å²) in [4.78, 5) is 0. The van der Waals surface area contributed by atoms with Crippen molar-refractivity contribution in [2.75, 3.05) is 0 Å². The third-order valence-corrected chi connectivity index (χ3v) is 4.77. The van der Waals surface area contributed by atoms with Crippen LogP contribution in [-0.4, -0.2) is 0 Å². The standard InChI is InChI=1S/C14H14.C13H12/c1-11-7-6-8-12(2)14(11)13-9-4-3-5-10-13;1-11-7-5-6-10-13(11)12-8-3-2-4-9-12/h3-10H,1-2H3;2-10H,1H3. The minimum Gasteiger partial charge on any atom is -0.0622 e. The van der Waals surface area contributed by atoms with Crippen molar-refractivity contribution < 1.29 is 0 Å². The Morgan fingerprint density at radius 1 is 0.370 bits per heavy atom. The Bertz CT molecular complexity index is 962. The Morgan fingerprint density at radius 2 is 0.815 bits per heavy atom. The molecule has 0 amide bonds. The highest BCUT2D eigenvalue weighted by atomic mass is 14.1. The van der Waals surface area contributed by atoms with Gasteiger partial charge in [0.1, 0.15) is 0 Å². The average molecular weight is 351 g/mol. The molecule has 0 bridgehead atoms. The van der Waals surface area contributed by atoms with Crippen molar-refractivity contribution in [2.45, 2.75) is 20.8 Å². The van der Waals surface area contributed by atoms with E-state index in [4.69, 9.17) is 0 Å². The molecule has 0 aliphatic rings. The molecular weight excluding hydrogens is 324 g/mol. The minimum absolute atomic E-state index is 1.29. The molecule has 0 N–H and O–H groups in total. The van der Waals surface area contributed by atoms with Crippen molar-refractivity contribution in [2.24, 2.45) is 0 Å². The van der Waals surface area contributed by atoms with E-state index in [2.05, 4.69) is 118 Å². The first kappa shape index (κ1) is 18.7. The van der Waals surface area contributed by atoms with E-state index in [1.807, 2.05) is 6.07 Å². The zero-order valence-electron chi connectivity index (χ0n) is 16.3. The van der Waals surface area contributed by atoms with Gasteiger partial charge in [0.2, 0.25) is 0 Å². The molecule has 27 heavy (non-hydrogen) atoms. The quantitative estimate of drug-likeness (QED) is 0.348. The van der Waals surface area contributed by atoms with Crippen LogP contribution >= 0.6 is 0 Å². The van der Waals surface area contributed by atoms with E-state index in [0.29, 0.717) is 0 Å². The van der Waals surface area contributed by atoms with Gasteiger partial charge in [-0.05, 0) is 59.7 Å². The van der Waals surface area contributed by atoms with E-state index in [9.17, 15) is 0 Å². The first-order chi connectivity index (χ1) is 13.2. The van der Waals surface area contributed by atoms with E-state index < -0.39 is 0 Å². The number of aryl methyl sites for hydroxylation is 3. The summed E-state index contributed by atoms with van der Waals surface area (Å²) in [5.41, 5.74) is 9.31. The number of rotatable bonds is 2. The summed E-state index contributed by atoms with van der Waals surface area (Å²) in [6.45, 7) is 6.47. The fourth-order valence-electron chi connectivity index (χ4n) is 3.39. The molecular formula is C27H26. The molecule has 0 fully saturated rings. The van der Waals surface area contributed by atoms with Gasteiger partial charge in [-0.2, -0.15) is 0 Å². The van der Waals surface area contributed by atoms with Crippen molar-refractivity contribution in [1.82, 2.24) is 0 Å². The summed E-state index contributed by atoms with van der Waals surface area (Å²) in [6, 6.07) is 35.9. The van der Waals surface area contributed by atoms with Crippen LogP contribution in [0.5, 0.6) is 0 Å². The van der Waals surface area contributed by atoms with Crippen molar-refractivity contribution >= 4 is 0 Å². The molecule has 0 heterocycles. The van der Waals surface area contributed by atoms with Gasteiger partial charge < -0.3 is 0 Å². The smallest absolute Gasteiger partial charge is 0.0125 e. The lowest BCUT2D eigenvalue weighted by Gasteiger charge is -2.09. The third kappa shape index (κ3) is 4.74. The van der Waals surface area contributed by atoms with Gasteiger partial charge in [0.25, 0.3) is 0 Å². The summed E-state index contributed by atoms with van der Waals surface area (Å²) in [5, 5.41) is 0. The maximum Gasteiger partial charge on any atom is -0.0125 e. The molecule has 0 saturated carbocycles. The predicted octanol–water partition coefficient (Wildman–Crippen LogP) is 7.63. The predicted molar refractivity (Wildman–Crippen MR) is 118 cm³/mol. The number of hydrogen-bond donors (Lipinski definition) is 0. The normalized spacial score (nSPS) is 10.0. The van der Waals surface area contributed by atoms with Gasteiger partial charge in [0, 0.05) is 0 Å². The summed E-state index contributed by atoms with van der Waals surface area (Å²) in [5.74, 6) is 0. The Labute approximate surface area is 163 Å². The van der Waals surface area contributed by atoms with Crippen LogP contribution in [-0.2, 0) is 0 Å². The van der Waals surface area contributed by atoms with Crippen molar-refractivity contribution in [3.05, 3.63) is 120 Å². The molecule has 4 aromatic rings. The molecule has 0 atom stereocenters. The third-order valence-electron chi connectivity index (χ3n) is 4.77. The average Bonchev–Trinajstić information content (AvgIpc) is 2.70. The summed E-state index contributed by atoms with van der Waals surface area (Å²) in [7, 11) is 0. The van der Waals surface area contributed by atoms with E-state index in [1.165, 1.54) is 38.9 Å². The molecule has 0 aliphatic heterocycles. The molecule has 0 aromatic heterocycles. The number of benzene rings is 4. The lowest BCUT2D eigenvalue weighted by Crippen LogP contribution is -1.86. The lowest BCUT2D eigenvalue weighted by atomic mass is 9.96. The van der Waals surface area contributed by atoms with Crippen molar-refractivity contribution in [3.8, 4) is 22.3 Å². The maximum absolute atomic E-state index is 2.16. The van der Waals surface area contributed by atoms with E-state index in [1.54, 1.807) is 0 Å². The number of hydrogen-bond acceptors (Lipinski definition) is 0. The largest absolute Gasteiger partial charge is 0.0622 e. The minimum atomic E-state index is 1.29. The molecule has 0 spiro atoms. The second kappa shape index (κ2) is 9.00. The molecule has 0 saturated heterocycles. The van der Waals surface area contributed by atoms with Crippen molar-refractivity contribution in [3.63, 3.8) is 0 Å². The summed E-state index contributed by atoms with van der Waals surface area (Å²) in [6.07, 6.45) is 0. The van der Waals surface area contributed by atoms with E-state index >= 15 is 0 Å². The first-order valence-corrected chi connectivity index (χ1v) is 9.39. The van der Waals surface area contributed by atoms with Gasteiger partial charge >= 0.3 is 0 Å². The van der Waals surface area contributed by atoms with Gasteiger partial charge in [-0.1, -0.05) is 103 Å². The molecule has 4 rings (SSSR count). The van der Waals surface area contributed by atoms with Crippen LogP contribution < -0.4 is 0 Å². The highest BCUT2D eigenvalue weighted by Crippen LogP contribution is 2.26. The fraction of sp³-hybridized carbons (Fsp3) is 0.111. The van der Waals surface area contributed by atoms with E-state index in [0.717, 1.165) is 0 Å². The van der Waals surface area contributed by atoms with Crippen LogP contribution in [0.4, 0.5) is 0 Å². The van der Waals surface area contributed by atoms with Crippen LogP contribution in [0, 0.1) is 20.8 Å². The Kier molecular flexibility index (Phi) is 6.22. The van der Waals surface area contributed by atoms with Crippen LogP contribution in [0.1, 0.15) is 16.7 Å². The highest BCUT2D eigenvalue weighted by Gasteiger charge is 2.03. The van der Waals surface area contributed by atoms with E-state index in [-0.39, 0.29) is 0 Å². The SMILES string of the molecule is Cc1cccc(C)c1-c1ccccc1.Cc1ccccc1-c1ccccc1. The molecule has 4 aromatic carbocycles. The van der Waals surface area contributed by atoms with Crippen molar-refractivity contribution in [1.29, 1.82) is 0 Å². The summed E-state index contributed by atoms with van der Waals surface area (Å²) < 4.78 is 0. The molecule has 0 nitrogen and oxygen atoms in total. The van der Waals surface area contributed by atoms with Gasteiger partial charge in [0.15, 0.2) is 0 Å². The van der Waals surface area contributed by atoms with Gasteiger partial charge in [0.05, 0.1) is 0 Å². The Morgan fingerprint density at radius 3 is 1.37 bits per heavy atom. The topological polar surface area (TPSA) is 0 Å². The van der Waals surface area contributed by atoms with Crippen LogP contribution in [0.2, 0.25) is 0 Å². The van der Waals surface area contributed by atoms with Crippen LogP contribution in [0.15, 0.2) is 103 Å². The maximum atomic E-state index is 2.16. The van der Waals surface area contributed by atoms with Gasteiger partial charge in [-0.25, -0.2) is 0 Å². The monoisotopic (exact) mass is 350 g/mol. The molecule has 0 heteroatoms. The lowest BCUT2D eigenvalue weighted by molar-refractivity contribution is 1.38. The molecule has 0 unspecified atom stereocenters.